The van der Waals surface area contributed by atoms with Gasteiger partial charge in [-0.1, -0.05) is 13.8 Å². The maximum Gasteiger partial charge on any atom is 0.274 e. The first-order valence-corrected chi connectivity index (χ1v) is 5.53. The summed E-state index contributed by atoms with van der Waals surface area (Å²) in [6.07, 6.45) is 2.85. The van der Waals surface area contributed by atoms with Gasteiger partial charge in [-0.15, -0.1) is 0 Å². The Morgan fingerprint density at radius 1 is 1.35 bits per heavy atom. The molecule has 0 saturated carbocycles. The van der Waals surface area contributed by atoms with Crippen molar-refractivity contribution in [1.29, 1.82) is 0 Å². The zero-order valence-electron chi connectivity index (χ0n) is 10.6. The first-order valence-electron chi connectivity index (χ1n) is 5.53. The van der Waals surface area contributed by atoms with Gasteiger partial charge in [0.05, 0.1) is 12.4 Å². The van der Waals surface area contributed by atoms with Gasteiger partial charge in [0.25, 0.3) is 5.91 Å². The van der Waals surface area contributed by atoms with Gasteiger partial charge in [-0.05, 0) is 12.8 Å². The van der Waals surface area contributed by atoms with E-state index in [9.17, 15) is 4.79 Å². The molecule has 17 heavy (non-hydrogen) atoms. The zero-order valence-corrected chi connectivity index (χ0v) is 10.6. The fraction of sp³-hybridized carbons (Fsp3) is 0.545. The number of anilines is 1. The molecule has 1 unspecified atom stereocenters. The lowest BCUT2D eigenvalue weighted by molar-refractivity contribution is 0.0700. The second kappa shape index (κ2) is 5.58. The fourth-order valence-electron chi connectivity index (χ4n) is 1.33. The SMILES string of the molecule is CC(C)C(C)N(C)C(=O)c1cnc(NN)cn1. The molecule has 94 valence electrons. The Morgan fingerprint density at radius 3 is 2.41 bits per heavy atom. The number of hydrazine groups is 1. The normalized spacial score (nSPS) is 12.4. The maximum absolute atomic E-state index is 12.1. The first kappa shape index (κ1) is 13.4. The lowest BCUT2D eigenvalue weighted by atomic mass is 10.1. The summed E-state index contributed by atoms with van der Waals surface area (Å²) >= 11 is 0. The monoisotopic (exact) mass is 237 g/mol. The standard InChI is InChI=1S/C11H19N5O/c1-7(2)8(3)16(4)11(17)9-5-14-10(15-12)6-13-9/h5-8H,12H2,1-4H3,(H,14,15). The molecule has 1 rings (SSSR count). The van der Waals surface area contributed by atoms with E-state index in [1.54, 1.807) is 11.9 Å². The molecule has 0 saturated heterocycles. The summed E-state index contributed by atoms with van der Waals surface area (Å²) in [4.78, 5) is 21.7. The van der Waals surface area contributed by atoms with Crippen LogP contribution < -0.4 is 11.3 Å². The Hall–Kier alpha value is -1.69. The Morgan fingerprint density at radius 2 is 2.00 bits per heavy atom. The highest BCUT2D eigenvalue weighted by Gasteiger charge is 2.20. The van der Waals surface area contributed by atoms with Crippen LogP contribution in [0, 0.1) is 5.92 Å². The number of carbonyl (C=O) groups excluding carboxylic acids is 1. The molecule has 0 bridgehead atoms. The molecule has 1 aromatic heterocycles. The van der Waals surface area contributed by atoms with Gasteiger partial charge >= 0.3 is 0 Å². The topological polar surface area (TPSA) is 84.1 Å². The average Bonchev–Trinajstić information content (AvgIpc) is 2.36. The van der Waals surface area contributed by atoms with Gasteiger partial charge in [0.1, 0.15) is 5.69 Å². The van der Waals surface area contributed by atoms with Crippen LogP contribution in [0.15, 0.2) is 12.4 Å². The number of hydrogen-bond donors (Lipinski definition) is 2. The number of amides is 1. The number of nitrogens with zero attached hydrogens (tertiary/aromatic N) is 3. The van der Waals surface area contributed by atoms with Crippen LogP contribution in [0.4, 0.5) is 5.82 Å². The average molecular weight is 237 g/mol. The van der Waals surface area contributed by atoms with Gasteiger partial charge < -0.3 is 10.3 Å². The van der Waals surface area contributed by atoms with E-state index in [-0.39, 0.29) is 11.9 Å². The van der Waals surface area contributed by atoms with Gasteiger partial charge in [-0.2, -0.15) is 0 Å². The number of hydrogen-bond acceptors (Lipinski definition) is 5. The first-order chi connectivity index (χ1) is 7.97. The summed E-state index contributed by atoms with van der Waals surface area (Å²) in [6, 6.07) is 0.150. The summed E-state index contributed by atoms with van der Waals surface area (Å²) in [5.74, 6) is 5.86. The van der Waals surface area contributed by atoms with Gasteiger partial charge in [0.15, 0.2) is 5.82 Å². The van der Waals surface area contributed by atoms with Crippen molar-refractivity contribution in [2.24, 2.45) is 11.8 Å². The van der Waals surface area contributed by atoms with Gasteiger partial charge in [-0.25, -0.2) is 15.8 Å². The van der Waals surface area contributed by atoms with Crippen LogP contribution in [0.3, 0.4) is 0 Å². The van der Waals surface area contributed by atoms with Crippen LogP contribution in [-0.4, -0.2) is 33.9 Å². The van der Waals surface area contributed by atoms with E-state index in [2.05, 4.69) is 29.2 Å². The highest BCUT2D eigenvalue weighted by Crippen LogP contribution is 2.11. The van der Waals surface area contributed by atoms with Crippen molar-refractivity contribution in [3.05, 3.63) is 18.1 Å². The third kappa shape index (κ3) is 3.13. The van der Waals surface area contributed by atoms with E-state index < -0.39 is 0 Å². The second-order valence-corrected chi connectivity index (χ2v) is 4.33. The lowest BCUT2D eigenvalue weighted by Crippen LogP contribution is -2.38. The molecule has 0 fully saturated rings. The summed E-state index contributed by atoms with van der Waals surface area (Å²) in [7, 11) is 1.77. The fourth-order valence-corrected chi connectivity index (χ4v) is 1.33. The largest absolute Gasteiger partial charge is 0.337 e. The Kier molecular flexibility index (Phi) is 4.39. The summed E-state index contributed by atoms with van der Waals surface area (Å²) in [5, 5.41) is 0. The summed E-state index contributed by atoms with van der Waals surface area (Å²) in [6.45, 7) is 6.15. The van der Waals surface area contributed by atoms with E-state index in [0.29, 0.717) is 17.4 Å². The van der Waals surface area contributed by atoms with E-state index in [1.165, 1.54) is 12.4 Å². The van der Waals surface area contributed by atoms with Crippen LogP contribution in [0.2, 0.25) is 0 Å². The Balaban J connectivity index is 2.81. The molecule has 0 aliphatic rings. The molecule has 0 aromatic carbocycles. The molecule has 1 aromatic rings. The number of nitrogens with one attached hydrogen (secondary N) is 1. The van der Waals surface area contributed by atoms with Crippen molar-refractivity contribution < 1.29 is 4.79 Å². The van der Waals surface area contributed by atoms with Crippen LogP contribution in [0.1, 0.15) is 31.3 Å². The highest BCUT2D eigenvalue weighted by atomic mass is 16.2. The van der Waals surface area contributed by atoms with Crippen molar-refractivity contribution >= 4 is 11.7 Å². The quantitative estimate of drug-likeness (QED) is 0.600. The molecule has 0 aliphatic carbocycles. The van der Waals surface area contributed by atoms with Crippen molar-refractivity contribution in [2.45, 2.75) is 26.8 Å². The van der Waals surface area contributed by atoms with Gasteiger partial charge in [0.2, 0.25) is 0 Å². The van der Waals surface area contributed by atoms with Crippen molar-refractivity contribution in [3.63, 3.8) is 0 Å². The van der Waals surface area contributed by atoms with Crippen molar-refractivity contribution in [1.82, 2.24) is 14.9 Å². The minimum absolute atomic E-state index is 0.137. The van der Waals surface area contributed by atoms with Crippen LogP contribution >= 0.6 is 0 Å². The molecule has 6 nitrogen and oxygen atoms in total. The molecule has 0 aliphatic heterocycles. The number of nitrogen functional groups attached to an aromatic ring is 1. The maximum atomic E-state index is 12.1. The van der Waals surface area contributed by atoms with Crippen molar-refractivity contribution in [3.8, 4) is 0 Å². The second-order valence-electron chi connectivity index (χ2n) is 4.33. The molecule has 0 spiro atoms. The number of aromatic nitrogens is 2. The number of carbonyl (C=O) groups is 1. The molecular formula is C11H19N5O. The van der Waals surface area contributed by atoms with Crippen molar-refractivity contribution in [2.75, 3.05) is 12.5 Å². The lowest BCUT2D eigenvalue weighted by Gasteiger charge is -2.27. The molecular weight excluding hydrogens is 218 g/mol. The predicted molar refractivity (Wildman–Crippen MR) is 66.2 cm³/mol. The number of rotatable bonds is 4. The molecule has 1 amide bonds. The molecule has 1 atom stereocenters. The van der Waals surface area contributed by atoms with Gasteiger partial charge in [0, 0.05) is 13.1 Å². The molecule has 1 heterocycles. The third-order valence-electron chi connectivity index (χ3n) is 2.91. The molecule has 3 N–H and O–H groups in total. The van der Waals surface area contributed by atoms with Crippen LogP contribution in [0.25, 0.3) is 0 Å². The van der Waals surface area contributed by atoms with E-state index in [0.717, 1.165) is 0 Å². The minimum atomic E-state index is -0.137. The third-order valence-corrected chi connectivity index (χ3v) is 2.91. The molecule has 0 radical (unpaired) electrons. The Labute approximate surface area is 101 Å². The van der Waals surface area contributed by atoms with E-state index >= 15 is 0 Å². The summed E-state index contributed by atoms with van der Waals surface area (Å²) in [5.41, 5.74) is 2.68. The van der Waals surface area contributed by atoms with Crippen LogP contribution in [0.5, 0.6) is 0 Å². The minimum Gasteiger partial charge on any atom is -0.337 e. The predicted octanol–water partition coefficient (Wildman–Crippen LogP) is 0.879. The summed E-state index contributed by atoms with van der Waals surface area (Å²) < 4.78 is 0. The smallest absolute Gasteiger partial charge is 0.274 e. The zero-order chi connectivity index (χ0) is 13.0. The molecule has 6 heteroatoms. The Bertz CT molecular complexity index is 376. The highest BCUT2D eigenvalue weighted by molar-refractivity contribution is 5.92. The van der Waals surface area contributed by atoms with Crippen LogP contribution in [-0.2, 0) is 0 Å². The van der Waals surface area contributed by atoms with Gasteiger partial charge in [-0.3, -0.25) is 4.79 Å². The van der Waals surface area contributed by atoms with E-state index in [1.807, 2.05) is 6.92 Å². The van der Waals surface area contributed by atoms with E-state index in [4.69, 9.17) is 5.84 Å². The number of nitrogens with two attached hydrogens (primary N) is 1.